The number of benzene rings is 2. The number of rotatable bonds is 8. The molecule has 0 atom stereocenters. The van der Waals surface area contributed by atoms with E-state index in [1.54, 1.807) is 0 Å². The Morgan fingerprint density at radius 2 is 1.71 bits per heavy atom. The highest BCUT2D eigenvalue weighted by Crippen LogP contribution is 2.45. The van der Waals surface area contributed by atoms with Gasteiger partial charge >= 0.3 is 0 Å². The zero-order valence-corrected chi connectivity index (χ0v) is 20.2. The molecule has 5 heteroatoms. The van der Waals surface area contributed by atoms with Gasteiger partial charge in [0.25, 0.3) is 0 Å². The van der Waals surface area contributed by atoms with E-state index < -0.39 is 0 Å². The number of nitrogens with one attached hydrogen (secondary N) is 1. The van der Waals surface area contributed by atoms with Crippen molar-refractivity contribution in [3.05, 3.63) is 71.4 Å². The van der Waals surface area contributed by atoms with Crippen LogP contribution >= 0.6 is 0 Å². The summed E-state index contributed by atoms with van der Waals surface area (Å²) in [4.78, 5) is 17.2. The van der Waals surface area contributed by atoms with Gasteiger partial charge in [0, 0.05) is 22.4 Å². The molecular weight excluding hydrogens is 424 g/mol. The van der Waals surface area contributed by atoms with Crippen molar-refractivity contribution < 1.29 is 14.3 Å². The van der Waals surface area contributed by atoms with Gasteiger partial charge < -0.3 is 14.8 Å². The molecule has 1 aromatic heterocycles. The smallest absolute Gasteiger partial charge is 0.226 e. The van der Waals surface area contributed by atoms with E-state index in [4.69, 9.17) is 14.5 Å². The third kappa shape index (κ3) is 5.10. The number of fused-ring (bicyclic) bond motifs is 1. The second-order valence-electron chi connectivity index (χ2n) is 10.1. The van der Waals surface area contributed by atoms with Gasteiger partial charge in [-0.2, -0.15) is 0 Å². The Bertz CT molecular complexity index is 1150. The molecule has 2 fully saturated rings. The average molecular weight is 459 g/mol. The Labute approximate surface area is 201 Å². The number of para-hydroxylation sites is 1. The second kappa shape index (κ2) is 9.75. The summed E-state index contributed by atoms with van der Waals surface area (Å²) in [5, 5.41) is 4.28. The van der Waals surface area contributed by atoms with Gasteiger partial charge in [-0.25, -0.2) is 4.98 Å². The van der Waals surface area contributed by atoms with Gasteiger partial charge in [-0.1, -0.05) is 49.4 Å². The molecule has 1 N–H and O–H groups in total. The lowest BCUT2D eigenvalue weighted by atomic mass is 9.92. The molecule has 0 aliphatic heterocycles. The number of pyridine rings is 1. The van der Waals surface area contributed by atoms with Gasteiger partial charge in [-0.05, 0) is 63.1 Å². The van der Waals surface area contributed by atoms with Crippen LogP contribution < -0.4 is 10.1 Å². The van der Waals surface area contributed by atoms with Crippen LogP contribution in [0.2, 0.25) is 0 Å². The van der Waals surface area contributed by atoms with E-state index in [2.05, 4.69) is 37.4 Å². The van der Waals surface area contributed by atoms with Crippen LogP contribution in [0.3, 0.4) is 0 Å². The summed E-state index contributed by atoms with van der Waals surface area (Å²) in [7, 11) is 0. The maximum Gasteiger partial charge on any atom is 0.226 e. The highest BCUT2D eigenvalue weighted by molar-refractivity contribution is 5.86. The van der Waals surface area contributed by atoms with Crippen LogP contribution in [0.4, 0.5) is 0 Å². The molecule has 5 nitrogen and oxygen atoms in total. The molecule has 2 aliphatic rings. The molecule has 5 rings (SSSR count). The van der Waals surface area contributed by atoms with Crippen molar-refractivity contribution in [2.24, 2.45) is 5.41 Å². The molecule has 0 radical (unpaired) electrons. The predicted octanol–water partition coefficient (Wildman–Crippen LogP) is 5.87. The SMILES string of the molecule is Cc1c(CO[C@H]2CC[C@H](NC(=O)C3(C)CC3)CC2)nc2ccccc2c1OCc1ccccc1. The molecule has 2 aromatic carbocycles. The summed E-state index contributed by atoms with van der Waals surface area (Å²) >= 11 is 0. The first-order chi connectivity index (χ1) is 16.5. The first kappa shape index (κ1) is 22.9. The summed E-state index contributed by atoms with van der Waals surface area (Å²) in [6, 6.07) is 18.6. The van der Waals surface area contributed by atoms with E-state index >= 15 is 0 Å². The standard InChI is InChI=1S/C29H34N2O3/c1-20-26(19-33-23-14-12-22(13-15-23)30-28(32)29(2)16-17-29)31-25-11-7-6-10-24(25)27(20)34-18-21-8-4-3-5-9-21/h3-11,22-23H,12-19H2,1-2H3,(H,30,32)/t22-,23-. The number of hydrogen-bond donors (Lipinski definition) is 1. The number of ether oxygens (including phenoxy) is 2. The molecular formula is C29H34N2O3. The molecule has 1 amide bonds. The summed E-state index contributed by atoms with van der Waals surface area (Å²) in [5.74, 6) is 1.11. The van der Waals surface area contributed by atoms with Gasteiger partial charge in [0.15, 0.2) is 0 Å². The molecule has 0 spiro atoms. The Kier molecular flexibility index (Phi) is 6.55. The fourth-order valence-corrected chi connectivity index (χ4v) is 4.73. The van der Waals surface area contributed by atoms with Crippen molar-refractivity contribution in [2.75, 3.05) is 0 Å². The van der Waals surface area contributed by atoms with E-state index in [1.165, 1.54) is 0 Å². The van der Waals surface area contributed by atoms with Crippen LogP contribution in [0, 0.1) is 12.3 Å². The van der Waals surface area contributed by atoms with Crippen molar-refractivity contribution in [3.63, 3.8) is 0 Å². The van der Waals surface area contributed by atoms with E-state index in [-0.39, 0.29) is 23.5 Å². The topological polar surface area (TPSA) is 60.5 Å². The van der Waals surface area contributed by atoms with Crippen LogP contribution in [0.5, 0.6) is 5.75 Å². The minimum absolute atomic E-state index is 0.104. The highest BCUT2D eigenvalue weighted by Gasteiger charge is 2.45. The number of aromatic nitrogens is 1. The van der Waals surface area contributed by atoms with Crippen LogP contribution in [-0.4, -0.2) is 23.0 Å². The van der Waals surface area contributed by atoms with E-state index in [9.17, 15) is 4.79 Å². The van der Waals surface area contributed by atoms with E-state index in [1.807, 2.05) is 36.4 Å². The minimum atomic E-state index is -0.104. The van der Waals surface area contributed by atoms with Crippen molar-refractivity contribution in [3.8, 4) is 5.75 Å². The normalized spacial score (nSPS) is 21.2. The summed E-state index contributed by atoms with van der Waals surface area (Å²) < 4.78 is 12.6. The third-order valence-corrected chi connectivity index (χ3v) is 7.42. The number of hydrogen-bond acceptors (Lipinski definition) is 4. The van der Waals surface area contributed by atoms with Gasteiger partial charge in [0.1, 0.15) is 12.4 Å². The molecule has 1 heterocycles. The van der Waals surface area contributed by atoms with Crippen molar-refractivity contribution in [1.82, 2.24) is 10.3 Å². The van der Waals surface area contributed by atoms with Crippen LogP contribution in [0.15, 0.2) is 54.6 Å². The number of amides is 1. The Hall–Kier alpha value is -2.92. The fourth-order valence-electron chi connectivity index (χ4n) is 4.73. The maximum absolute atomic E-state index is 12.3. The lowest BCUT2D eigenvalue weighted by Gasteiger charge is -2.30. The van der Waals surface area contributed by atoms with Crippen molar-refractivity contribution >= 4 is 16.8 Å². The molecule has 3 aromatic rings. The first-order valence-electron chi connectivity index (χ1n) is 12.5. The molecule has 0 unspecified atom stereocenters. The summed E-state index contributed by atoms with van der Waals surface area (Å²) in [6.45, 7) is 5.13. The van der Waals surface area contributed by atoms with Crippen LogP contribution in [-0.2, 0) is 22.7 Å². The van der Waals surface area contributed by atoms with Gasteiger partial charge in [0.05, 0.1) is 23.9 Å². The first-order valence-corrected chi connectivity index (χ1v) is 12.5. The van der Waals surface area contributed by atoms with Gasteiger partial charge in [0.2, 0.25) is 5.91 Å². The summed E-state index contributed by atoms with van der Waals surface area (Å²) in [5.41, 5.74) is 3.93. The van der Waals surface area contributed by atoms with E-state index in [0.717, 1.165) is 72.0 Å². The average Bonchev–Trinajstić information content (AvgIpc) is 3.62. The number of nitrogens with zero attached hydrogens (tertiary/aromatic N) is 1. The Morgan fingerprint density at radius 3 is 2.44 bits per heavy atom. The monoisotopic (exact) mass is 458 g/mol. The molecule has 0 saturated heterocycles. The van der Waals surface area contributed by atoms with Gasteiger partial charge in [-0.3, -0.25) is 4.79 Å². The van der Waals surface area contributed by atoms with Gasteiger partial charge in [-0.15, -0.1) is 0 Å². The van der Waals surface area contributed by atoms with Crippen LogP contribution in [0.1, 0.15) is 62.3 Å². The molecule has 34 heavy (non-hydrogen) atoms. The minimum Gasteiger partial charge on any atom is -0.488 e. The second-order valence-corrected chi connectivity index (χ2v) is 10.1. The lowest BCUT2D eigenvalue weighted by Crippen LogP contribution is -2.42. The van der Waals surface area contributed by atoms with Crippen LogP contribution in [0.25, 0.3) is 10.9 Å². The highest BCUT2D eigenvalue weighted by atomic mass is 16.5. The predicted molar refractivity (Wildman–Crippen MR) is 134 cm³/mol. The molecule has 178 valence electrons. The van der Waals surface area contributed by atoms with Crippen molar-refractivity contribution in [2.45, 2.75) is 77.7 Å². The maximum atomic E-state index is 12.3. The largest absolute Gasteiger partial charge is 0.488 e. The zero-order valence-electron chi connectivity index (χ0n) is 20.2. The molecule has 2 aliphatic carbocycles. The lowest BCUT2D eigenvalue weighted by molar-refractivity contribution is -0.127. The zero-order chi connectivity index (χ0) is 23.5. The van der Waals surface area contributed by atoms with E-state index in [0.29, 0.717) is 13.2 Å². The Morgan fingerprint density at radius 1 is 1.00 bits per heavy atom. The molecule has 2 saturated carbocycles. The number of carbonyl (C=O) groups is 1. The third-order valence-electron chi connectivity index (χ3n) is 7.42. The molecule has 0 bridgehead atoms. The Balaban J connectivity index is 1.22. The number of carbonyl (C=O) groups excluding carboxylic acids is 1. The summed E-state index contributed by atoms with van der Waals surface area (Å²) in [6.07, 6.45) is 6.12. The fraction of sp³-hybridized carbons (Fsp3) is 0.448. The quantitative estimate of drug-likeness (QED) is 0.459. The van der Waals surface area contributed by atoms with Crippen molar-refractivity contribution in [1.29, 1.82) is 0 Å².